The maximum atomic E-state index is 9.96. The minimum absolute atomic E-state index is 0.337. The molecule has 2 atom stereocenters. The van der Waals surface area contributed by atoms with Crippen LogP contribution >= 0.6 is 0 Å². The first-order valence-corrected chi connectivity index (χ1v) is 6.46. The highest BCUT2D eigenvalue weighted by Gasteiger charge is 2.23. The summed E-state index contributed by atoms with van der Waals surface area (Å²) in [6, 6.07) is 0. The van der Waals surface area contributed by atoms with Gasteiger partial charge in [0.2, 0.25) is 0 Å². The highest BCUT2D eigenvalue weighted by molar-refractivity contribution is 4.74. The minimum Gasteiger partial charge on any atom is -0.393 e. The molecule has 2 N–H and O–H groups in total. The Hall–Kier alpha value is -0.0800. The standard InChI is InChI=1S/C13H28O2/c1-5-10(6-2)12(14)9-13(15)11(7-3)8-4/h10-15H,5-9H2,1-4H3. The minimum atomic E-state index is -0.337. The van der Waals surface area contributed by atoms with Crippen LogP contribution in [0, 0.1) is 11.8 Å². The van der Waals surface area contributed by atoms with Crippen molar-refractivity contribution in [3.63, 3.8) is 0 Å². The normalized spacial score (nSPS) is 16.0. The van der Waals surface area contributed by atoms with E-state index in [9.17, 15) is 10.2 Å². The first kappa shape index (κ1) is 14.9. The molecule has 0 aromatic rings. The fourth-order valence-electron chi connectivity index (χ4n) is 2.30. The third-order valence-electron chi connectivity index (χ3n) is 3.67. The van der Waals surface area contributed by atoms with Crippen molar-refractivity contribution >= 4 is 0 Å². The Kier molecular flexibility index (Phi) is 8.07. The first-order valence-electron chi connectivity index (χ1n) is 6.46. The van der Waals surface area contributed by atoms with Crippen LogP contribution in [0.2, 0.25) is 0 Å². The fourth-order valence-corrected chi connectivity index (χ4v) is 2.30. The highest BCUT2D eigenvalue weighted by Crippen LogP contribution is 2.22. The van der Waals surface area contributed by atoms with Crippen LogP contribution in [-0.2, 0) is 0 Å². The second-order valence-electron chi connectivity index (χ2n) is 4.52. The van der Waals surface area contributed by atoms with Crippen molar-refractivity contribution in [1.29, 1.82) is 0 Å². The van der Waals surface area contributed by atoms with Gasteiger partial charge in [0.15, 0.2) is 0 Å². The number of aliphatic hydroxyl groups excluding tert-OH is 2. The number of aliphatic hydroxyl groups is 2. The fraction of sp³-hybridized carbons (Fsp3) is 1.00. The van der Waals surface area contributed by atoms with Gasteiger partial charge in [-0.1, -0.05) is 53.4 Å². The molecule has 0 rings (SSSR count). The monoisotopic (exact) mass is 216 g/mol. The van der Waals surface area contributed by atoms with Crippen LogP contribution in [-0.4, -0.2) is 22.4 Å². The molecule has 0 bridgehead atoms. The second kappa shape index (κ2) is 8.12. The van der Waals surface area contributed by atoms with Crippen LogP contribution in [0.5, 0.6) is 0 Å². The number of hydrogen-bond acceptors (Lipinski definition) is 2. The van der Waals surface area contributed by atoms with Gasteiger partial charge in [0.25, 0.3) is 0 Å². The summed E-state index contributed by atoms with van der Waals surface area (Å²) in [6.45, 7) is 8.39. The molecule has 92 valence electrons. The van der Waals surface area contributed by atoms with E-state index >= 15 is 0 Å². The van der Waals surface area contributed by atoms with Gasteiger partial charge in [-0.2, -0.15) is 0 Å². The first-order chi connectivity index (χ1) is 7.10. The summed E-state index contributed by atoms with van der Waals surface area (Å²) in [5.74, 6) is 0.683. The molecule has 0 aliphatic rings. The topological polar surface area (TPSA) is 40.5 Å². The summed E-state index contributed by atoms with van der Waals surface area (Å²) < 4.78 is 0. The Bertz CT molecular complexity index is 123. The maximum Gasteiger partial charge on any atom is 0.0592 e. The van der Waals surface area contributed by atoms with Crippen LogP contribution in [0.25, 0.3) is 0 Å². The Labute approximate surface area is 94.7 Å². The zero-order chi connectivity index (χ0) is 11.8. The lowest BCUT2D eigenvalue weighted by atomic mass is 9.87. The summed E-state index contributed by atoms with van der Waals surface area (Å²) in [7, 11) is 0. The van der Waals surface area contributed by atoms with Crippen LogP contribution in [0.4, 0.5) is 0 Å². The molecule has 0 aromatic heterocycles. The van der Waals surface area contributed by atoms with Crippen LogP contribution < -0.4 is 0 Å². The molecule has 2 unspecified atom stereocenters. The van der Waals surface area contributed by atoms with Crippen molar-refractivity contribution in [3.05, 3.63) is 0 Å². The van der Waals surface area contributed by atoms with E-state index in [1.165, 1.54) is 0 Å². The summed E-state index contributed by atoms with van der Waals surface area (Å²) in [6.07, 6.45) is 3.84. The van der Waals surface area contributed by atoms with E-state index in [1.807, 2.05) is 0 Å². The van der Waals surface area contributed by atoms with E-state index < -0.39 is 0 Å². The van der Waals surface area contributed by atoms with Gasteiger partial charge in [-0.05, 0) is 18.3 Å². The molecule has 15 heavy (non-hydrogen) atoms. The maximum absolute atomic E-state index is 9.96. The zero-order valence-electron chi connectivity index (χ0n) is 10.7. The van der Waals surface area contributed by atoms with Crippen LogP contribution in [0.15, 0.2) is 0 Å². The molecule has 0 aromatic carbocycles. The van der Waals surface area contributed by atoms with Crippen molar-refractivity contribution < 1.29 is 10.2 Å². The van der Waals surface area contributed by atoms with Crippen LogP contribution in [0.1, 0.15) is 59.8 Å². The van der Waals surface area contributed by atoms with Crippen molar-refractivity contribution in [2.24, 2.45) is 11.8 Å². The lowest BCUT2D eigenvalue weighted by Gasteiger charge is -2.26. The van der Waals surface area contributed by atoms with E-state index in [1.54, 1.807) is 0 Å². The van der Waals surface area contributed by atoms with Crippen molar-refractivity contribution in [3.8, 4) is 0 Å². The Morgan fingerprint density at radius 1 is 0.667 bits per heavy atom. The summed E-state index contributed by atoms with van der Waals surface area (Å²) in [5.41, 5.74) is 0. The third kappa shape index (κ3) is 4.98. The lowest BCUT2D eigenvalue weighted by molar-refractivity contribution is 0.0136. The van der Waals surface area contributed by atoms with Gasteiger partial charge < -0.3 is 10.2 Å². The molecular formula is C13H28O2. The summed E-state index contributed by atoms with van der Waals surface area (Å²) in [4.78, 5) is 0. The van der Waals surface area contributed by atoms with Gasteiger partial charge in [0.1, 0.15) is 0 Å². The van der Waals surface area contributed by atoms with Gasteiger partial charge in [-0.15, -0.1) is 0 Å². The van der Waals surface area contributed by atoms with E-state index in [0.717, 1.165) is 25.7 Å². The Balaban J connectivity index is 4.08. The van der Waals surface area contributed by atoms with Gasteiger partial charge in [-0.25, -0.2) is 0 Å². The second-order valence-corrected chi connectivity index (χ2v) is 4.52. The third-order valence-corrected chi connectivity index (χ3v) is 3.67. The molecule has 0 saturated carbocycles. The molecule has 0 amide bonds. The van der Waals surface area contributed by atoms with Gasteiger partial charge in [0, 0.05) is 0 Å². The number of rotatable bonds is 8. The molecule has 2 nitrogen and oxygen atoms in total. The molecule has 0 aliphatic carbocycles. The van der Waals surface area contributed by atoms with E-state index in [2.05, 4.69) is 27.7 Å². The Morgan fingerprint density at radius 3 is 1.13 bits per heavy atom. The highest BCUT2D eigenvalue weighted by atomic mass is 16.3. The van der Waals surface area contributed by atoms with Crippen molar-refractivity contribution in [2.45, 2.75) is 72.0 Å². The molecule has 0 spiro atoms. The largest absolute Gasteiger partial charge is 0.393 e. The molecule has 2 heteroatoms. The predicted molar refractivity (Wildman–Crippen MR) is 64.8 cm³/mol. The summed E-state index contributed by atoms with van der Waals surface area (Å²) in [5, 5.41) is 19.9. The average molecular weight is 216 g/mol. The lowest BCUT2D eigenvalue weighted by Crippen LogP contribution is -2.29. The molecule has 0 fully saturated rings. The zero-order valence-corrected chi connectivity index (χ0v) is 10.7. The molecule has 0 heterocycles. The predicted octanol–water partition coefficient (Wildman–Crippen LogP) is 2.97. The summed E-state index contributed by atoms with van der Waals surface area (Å²) >= 11 is 0. The van der Waals surface area contributed by atoms with Crippen LogP contribution in [0.3, 0.4) is 0 Å². The molecular weight excluding hydrogens is 188 g/mol. The SMILES string of the molecule is CCC(CC)C(O)CC(O)C(CC)CC. The smallest absolute Gasteiger partial charge is 0.0592 e. The molecule has 0 aliphatic heterocycles. The van der Waals surface area contributed by atoms with E-state index in [-0.39, 0.29) is 12.2 Å². The average Bonchev–Trinajstić information content (AvgIpc) is 2.21. The van der Waals surface area contributed by atoms with Crippen molar-refractivity contribution in [2.75, 3.05) is 0 Å². The molecule has 0 radical (unpaired) electrons. The molecule has 0 saturated heterocycles. The van der Waals surface area contributed by atoms with Gasteiger partial charge in [-0.3, -0.25) is 0 Å². The van der Waals surface area contributed by atoms with Gasteiger partial charge >= 0.3 is 0 Å². The number of hydrogen-bond donors (Lipinski definition) is 2. The Morgan fingerprint density at radius 2 is 0.933 bits per heavy atom. The quantitative estimate of drug-likeness (QED) is 0.655. The van der Waals surface area contributed by atoms with E-state index in [4.69, 9.17) is 0 Å². The van der Waals surface area contributed by atoms with E-state index in [0.29, 0.717) is 18.3 Å². The van der Waals surface area contributed by atoms with Gasteiger partial charge in [0.05, 0.1) is 12.2 Å². The van der Waals surface area contributed by atoms with Crippen molar-refractivity contribution in [1.82, 2.24) is 0 Å².